The molecule has 64 valence electrons. The second-order valence-electron chi connectivity index (χ2n) is 3.11. The van der Waals surface area contributed by atoms with Gasteiger partial charge < -0.3 is 16.2 Å². The average Bonchev–Trinajstić information content (AvgIpc) is 2.07. The highest BCUT2D eigenvalue weighted by Crippen LogP contribution is 2.26. The molecule has 0 saturated heterocycles. The Kier molecular flexibility index (Phi) is 1.66. The first-order chi connectivity index (χ1) is 5.77. The number of nitrogens with one attached hydrogen (secondary N) is 1. The third-order valence-corrected chi connectivity index (χ3v) is 2.24. The SMILES string of the molecule is Nc1cc2c(cc1O)CNCC2. The molecule has 0 bridgehead atoms. The second-order valence-corrected chi connectivity index (χ2v) is 3.11. The number of nitrogens with two attached hydrogens (primary N) is 1. The van der Waals surface area contributed by atoms with Gasteiger partial charge in [0.05, 0.1) is 5.69 Å². The third kappa shape index (κ3) is 1.12. The number of phenolic OH excluding ortho intramolecular Hbond substituents is 1. The molecule has 1 heterocycles. The molecule has 12 heavy (non-hydrogen) atoms. The number of benzene rings is 1. The molecule has 0 unspecified atom stereocenters. The lowest BCUT2D eigenvalue weighted by Gasteiger charge is -2.17. The molecule has 2 rings (SSSR count). The maximum atomic E-state index is 9.32. The first-order valence-corrected chi connectivity index (χ1v) is 4.08. The summed E-state index contributed by atoms with van der Waals surface area (Å²) < 4.78 is 0. The minimum Gasteiger partial charge on any atom is -0.506 e. The summed E-state index contributed by atoms with van der Waals surface area (Å²) in [5, 5.41) is 12.6. The molecular weight excluding hydrogens is 152 g/mol. The summed E-state index contributed by atoms with van der Waals surface area (Å²) in [6.07, 6.45) is 1.000. The Morgan fingerprint density at radius 1 is 1.33 bits per heavy atom. The summed E-state index contributed by atoms with van der Waals surface area (Å²) in [4.78, 5) is 0. The number of hydrogen-bond acceptors (Lipinski definition) is 3. The van der Waals surface area contributed by atoms with Gasteiger partial charge in [0.25, 0.3) is 0 Å². The Morgan fingerprint density at radius 3 is 3.00 bits per heavy atom. The van der Waals surface area contributed by atoms with Crippen molar-refractivity contribution in [1.29, 1.82) is 0 Å². The maximum absolute atomic E-state index is 9.32. The highest BCUT2D eigenvalue weighted by molar-refractivity contribution is 5.56. The van der Waals surface area contributed by atoms with E-state index < -0.39 is 0 Å². The zero-order valence-corrected chi connectivity index (χ0v) is 6.80. The summed E-state index contributed by atoms with van der Waals surface area (Å²) in [6, 6.07) is 3.61. The van der Waals surface area contributed by atoms with Crippen LogP contribution in [0.15, 0.2) is 12.1 Å². The number of anilines is 1. The van der Waals surface area contributed by atoms with Crippen LogP contribution in [0.25, 0.3) is 0 Å². The van der Waals surface area contributed by atoms with Gasteiger partial charge in [-0.2, -0.15) is 0 Å². The number of aromatic hydroxyl groups is 1. The van der Waals surface area contributed by atoms with Crippen LogP contribution in [-0.2, 0) is 13.0 Å². The van der Waals surface area contributed by atoms with E-state index in [9.17, 15) is 5.11 Å². The molecule has 3 nitrogen and oxygen atoms in total. The van der Waals surface area contributed by atoms with E-state index in [2.05, 4.69) is 5.32 Å². The summed E-state index contributed by atoms with van der Waals surface area (Å²) >= 11 is 0. The monoisotopic (exact) mass is 164 g/mol. The first-order valence-electron chi connectivity index (χ1n) is 4.08. The van der Waals surface area contributed by atoms with E-state index in [4.69, 9.17) is 5.73 Å². The van der Waals surface area contributed by atoms with Gasteiger partial charge >= 0.3 is 0 Å². The van der Waals surface area contributed by atoms with Gasteiger partial charge in [0.1, 0.15) is 5.75 Å². The van der Waals surface area contributed by atoms with Crippen molar-refractivity contribution in [1.82, 2.24) is 5.32 Å². The number of rotatable bonds is 0. The topological polar surface area (TPSA) is 58.3 Å². The Morgan fingerprint density at radius 2 is 2.17 bits per heavy atom. The lowest BCUT2D eigenvalue weighted by atomic mass is 10.00. The average molecular weight is 164 g/mol. The van der Waals surface area contributed by atoms with E-state index >= 15 is 0 Å². The van der Waals surface area contributed by atoms with Crippen molar-refractivity contribution in [3.8, 4) is 5.75 Å². The van der Waals surface area contributed by atoms with Crippen LogP contribution in [0.5, 0.6) is 5.75 Å². The van der Waals surface area contributed by atoms with Gasteiger partial charge in [-0.05, 0) is 36.2 Å². The standard InChI is InChI=1S/C9H12N2O/c10-8-3-6-1-2-11-5-7(6)4-9(8)12/h3-4,11-12H,1-2,5,10H2. The van der Waals surface area contributed by atoms with Crippen molar-refractivity contribution in [3.63, 3.8) is 0 Å². The smallest absolute Gasteiger partial charge is 0.138 e. The van der Waals surface area contributed by atoms with E-state index in [1.807, 2.05) is 6.07 Å². The first kappa shape index (κ1) is 7.43. The minimum atomic E-state index is 0.192. The van der Waals surface area contributed by atoms with E-state index in [1.54, 1.807) is 6.07 Å². The van der Waals surface area contributed by atoms with Crippen LogP contribution in [0, 0.1) is 0 Å². The molecule has 0 spiro atoms. The summed E-state index contributed by atoms with van der Waals surface area (Å²) in [7, 11) is 0. The fraction of sp³-hybridized carbons (Fsp3) is 0.333. The van der Waals surface area contributed by atoms with Crippen molar-refractivity contribution in [2.45, 2.75) is 13.0 Å². The molecule has 0 aromatic heterocycles. The van der Waals surface area contributed by atoms with Gasteiger partial charge in [0.2, 0.25) is 0 Å². The van der Waals surface area contributed by atoms with E-state index in [0.717, 1.165) is 25.1 Å². The van der Waals surface area contributed by atoms with Crippen molar-refractivity contribution in [3.05, 3.63) is 23.3 Å². The van der Waals surface area contributed by atoms with E-state index in [-0.39, 0.29) is 5.75 Å². The molecule has 0 saturated carbocycles. The molecule has 0 atom stereocenters. The van der Waals surface area contributed by atoms with Crippen LogP contribution in [-0.4, -0.2) is 11.7 Å². The molecule has 0 aliphatic carbocycles. The van der Waals surface area contributed by atoms with Gasteiger partial charge in [0.15, 0.2) is 0 Å². The highest BCUT2D eigenvalue weighted by Gasteiger charge is 2.10. The largest absolute Gasteiger partial charge is 0.506 e. The van der Waals surface area contributed by atoms with E-state index in [1.165, 1.54) is 5.56 Å². The zero-order valence-electron chi connectivity index (χ0n) is 6.80. The molecule has 3 heteroatoms. The summed E-state index contributed by atoms with van der Waals surface area (Å²) in [5.41, 5.74) is 8.47. The molecule has 1 aromatic rings. The Bertz CT molecular complexity index is 279. The highest BCUT2D eigenvalue weighted by atomic mass is 16.3. The van der Waals surface area contributed by atoms with Gasteiger partial charge in [-0.25, -0.2) is 0 Å². The predicted octanol–water partition coefficient (Wildman–Crippen LogP) is 0.620. The molecule has 1 aliphatic heterocycles. The van der Waals surface area contributed by atoms with Gasteiger partial charge in [-0.3, -0.25) is 0 Å². The molecule has 1 aliphatic rings. The number of nitrogen functional groups attached to an aromatic ring is 1. The Balaban J connectivity index is 2.49. The fourth-order valence-electron chi connectivity index (χ4n) is 1.54. The maximum Gasteiger partial charge on any atom is 0.138 e. The third-order valence-electron chi connectivity index (χ3n) is 2.24. The quantitative estimate of drug-likeness (QED) is 0.389. The molecule has 0 fully saturated rings. The van der Waals surface area contributed by atoms with Crippen molar-refractivity contribution < 1.29 is 5.11 Å². The van der Waals surface area contributed by atoms with Gasteiger partial charge in [-0.15, -0.1) is 0 Å². The number of hydrogen-bond donors (Lipinski definition) is 3. The van der Waals surface area contributed by atoms with Crippen LogP contribution in [0.4, 0.5) is 5.69 Å². The lowest BCUT2D eigenvalue weighted by molar-refractivity contribution is 0.475. The van der Waals surface area contributed by atoms with Crippen LogP contribution in [0.2, 0.25) is 0 Å². The van der Waals surface area contributed by atoms with Crippen LogP contribution in [0.3, 0.4) is 0 Å². The van der Waals surface area contributed by atoms with Gasteiger partial charge in [0, 0.05) is 6.54 Å². The van der Waals surface area contributed by atoms with Crippen LogP contribution in [0.1, 0.15) is 11.1 Å². The summed E-state index contributed by atoms with van der Waals surface area (Å²) in [6.45, 7) is 1.83. The van der Waals surface area contributed by atoms with Crippen molar-refractivity contribution in [2.24, 2.45) is 0 Å². The van der Waals surface area contributed by atoms with Crippen molar-refractivity contribution >= 4 is 5.69 Å². The molecular formula is C9H12N2O. The normalized spacial score (nSPS) is 15.7. The molecule has 0 radical (unpaired) electrons. The van der Waals surface area contributed by atoms with Crippen LogP contribution >= 0.6 is 0 Å². The fourth-order valence-corrected chi connectivity index (χ4v) is 1.54. The van der Waals surface area contributed by atoms with Crippen LogP contribution < -0.4 is 11.1 Å². The Hall–Kier alpha value is -1.22. The Labute approximate surface area is 71.2 Å². The lowest BCUT2D eigenvalue weighted by Crippen LogP contribution is -2.23. The zero-order chi connectivity index (χ0) is 8.55. The molecule has 1 aromatic carbocycles. The molecule has 4 N–H and O–H groups in total. The number of fused-ring (bicyclic) bond motifs is 1. The number of phenols is 1. The minimum absolute atomic E-state index is 0.192. The molecule has 0 amide bonds. The van der Waals surface area contributed by atoms with Crippen molar-refractivity contribution in [2.75, 3.05) is 12.3 Å². The second kappa shape index (κ2) is 2.68. The van der Waals surface area contributed by atoms with E-state index in [0.29, 0.717) is 5.69 Å². The predicted molar refractivity (Wildman–Crippen MR) is 47.9 cm³/mol. The van der Waals surface area contributed by atoms with Gasteiger partial charge in [-0.1, -0.05) is 0 Å². The summed E-state index contributed by atoms with van der Waals surface area (Å²) in [5.74, 6) is 0.192.